The van der Waals surface area contributed by atoms with Crippen LogP contribution in [0, 0.1) is 5.92 Å². The molecule has 2 atom stereocenters. The zero-order valence-corrected chi connectivity index (χ0v) is 10.6. The van der Waals surface area contributed by atoms with Gasteiger partial charge in [0.25, 0.3) is 0 Å². The highest BCUT2D eigenvalue weighted by atomic mass is 16.5. The monoisotopic (exact) mass is 214 g/mol. The molecule has 1 rings (SSSR count). The summed E-state index contributed by atoms with van der Waals surface area (Å²) in [6.07, 6.45) is 1.54. The van der Waals surface area contributed by atoms with Crippen LogP contribution in [0.3, 0.4) is 0 Å². The van der Waals surface area contributed by atoms with Gasteiger partial charge in [-0.15, -0.1) is 0 Å². The minimum absolute atomic E-state index is 0.380. The first-order chi connectivity index (χ1) is 7.15. The van der Waals surface area contributed by atoms with Crippen molar-refractivity contribution in [3.05, 3.63) is 0 Å². The molecular weight excluding hydrogens is 188 g/mol. The zero-order valence-electron chi connectivity index (χ0n) is 10.6. The van der Waals surface area contributed by atoms with Gasteiger partial charge in [-0.3, -0.25) is 4.90 Å². The zero-order chi connectivity index (χ0) is 11.3. The van der Waals surface area contributed by atoms with Crippen molar-refractivity contribution in [2.75, 3.05) is 33.3 Å². The molecular formula is C12H26N2O. The minimum Gasteiger partial charge on any atom is -0.377 e. The molecule has 1 saturated heterocycles. The third-order valence-corrected chi connectivity index (χ3v) is 3.14. The number of rotatable bonds is 4. The molecule has 0 bridgehead atoms. The van der Waals surface area contributed by atoms with E-state index in [2.05, 4.69) is 31.0 Å². The Morgan fingerprint density at radius 3 is 2.80 bits per heavy atom. The van der Waals surface area contributed by atoms with E-state index < -0.39 is 0 Å². The van der Waals surface area contributed by atoms with E-state index in [1.165, 1.54) is 6.54 Å². The molecule has 1 N–H and O–H groups in total. The van der Waals surface area contributed by atoms with E-state index >= 15 is 0 Å². The molecule has 1 fully saturated rings. The summed E-state index contributed by atoms with van der Waals surface area (Å²) in [4.78, 5) is 2.58. The summed E-state index contributed by atoms with van der Waals surface area (Å²) < 4.78 is 5.68. The number of nitrogens with zero attached hydrogens (tertiary/aromatic N) is 1. The van der Waals surface area contributed by atoms with E-state index in [0.29, 0.717) is 18.1 Å². The van der Waals surface area contributed by atoms with Crippen molar-refractivity contribution in [1.29, 1.82) is 0 Å². The maximum absolute atomic E-state index is 5.68. The number of ether oxygens (including phenoxy) is 1. The molecule has 0 spiro atoms. The predicted molar refractivity (Wildman–Crippen MR) is 64.2 cm³/mol. The van der Waals surface area contributed by atoms with Gasteiger partial charge in [0.2, 0.25) is 0 Å². The minimum atomic E-state index is 0.380. The topological polar surface area (TPSA) is 24.5 Å². The maximum atomic E-state index is 5.68. The fourth-order valence-electron chi connectivity index (χ4n) is 2.32. The molecule has 0 saturated carbocycles. The second kappa shape index (κ2) is 6.46. The molecule has 90 valence electrons. The van der Waals surface area contributed by atoms with Gasteiger partial charge in [0.1, 0.15) is 0 Å². The summed E-state index contributed by atoms with van der Waals surface area (Å²) in [5.74, 6) is 0.697. The highest BCUT2D eigenvalue weighted by molar-refractivity contribution is 4.79. The van der Waals surface area contributed by atoms with Crippen LogP contribution in [0.5, 0.6) is 0 Å². The number of hydrogen-bond donors (Lipinski definition) is 1. The normalized spacial score (nSPS) is 26.6. The Morgan fingerprint density at radius 1 is 1.47 bits per heavy atom. The average Bonchev–Trinajstić information content (AvgIpc) is 2.38. The quantitative estimate of drug-likeness (QED) is 0.764. The lowest BCUT2D eigenvalue weighted by Crippen LogP contribution is -2.47. The smallest absolute Gasteiger partial charge is 0.0674 e. The van der Waals surface area contributed by atoms with Crippen molar-refractivity contribution >= 4 is 0 Å². The standard InChI is InChI=1S/C12H26N2O/c1-10(2)12(8-13-4)14-6-5-7-15-11(3)9-14/h10-13H,5-9H2,1-4H3. The van der Waals surface area contributed by atoms with Gasteiger partial charge in [0.05, 0.1) is 6.10 Å². The van der Waals surface area contributed by atoms with Gasteiger partial charge in [0, 0.05) is 32.3 Å². The Balaban J connectivity index is 2.55. The van der Waals surface area contributed by atoms with Crippen LogP contribution in [0.25, 0.3) is 0 Å². The number of hydrogen-bond acceptors (Lipinski definition) is 3. The lowest BCUT2D eigenvalue weighted by atomic mass is 10.0. The number of nitrogens with one attached hydrogen (secondary N) is 1. The van der Waals surface area contributed by atoms with Gasteiger partial charge in [-0.2, -0.15) is 0 Å². The van der Waals surface area contributed by atoms with E-state index in [9.17, 15) is 0 Å². The highest BCUT2D eigenvalue weighted by Crippen LogP contribution is 2.14. The predicted octanol–water partition coefficient (Wildman–Crippen LogP) is 1.34. The molecule has 0 aromatic carbocycles. The van der Waals surface area contributed by atoms with Crippen molar-refractivity contribution in [1.82, 2.24) is 10.2 Å². The molecule has 0 aliphatic carbocycles. The molecule has 3 heteroatoms. The van der Waals surface area contributed by atoms with Crippen LogP contribution in [0.15, 0.2) is 0 Å². The van der Waals surface area contributed by atoms with Crippen molar-refractivity contribution in [2.24, 2.45) is 5.92 Å². The highest BCUT2D eigenvalue weighted by Gasteiger charge is 2.24. The van der Waals surface area contributed by atoms with Gasteiger partial charge in [-0.05, 0) is 26.3 Å². The summed E-state index contributed by atoms with van der Waals surface area (Å²) in [6.45, 7) is 11.0. The summed E-state index contributed by atoms with van der Waals surface area (Å²) in [5, 5.41) is 3.30. The van der Waals surface area contributed by atoms with Crippen LogP contribution in [-0.2, 0) is 4.74 Å². The second-order valence-electron chi connectivity index (χ2n) is 4.90. The van der Waals surface area contributed by atoms with Crippen LogP contribution in [0.1, 0.15) is 27.2 Å². The second-order valence-corrected chi connectivity index (χ2v) is 4.90. The van der Waals surface area contributed by atoms with Gasteiger partial charge in [0.15, 0.2) is 0 Å². The first-order valence-electron chi connectivity index (χ1n) is 6.15. The van der Waals surface area contributed by atoms with Crippen molar-refractivity contribution in [2.45, 2.75) is 39.3 Å². The third kappa shape index (κ3) is 4.09. The average molecular weight is 214 g/mol. The van der Waals surface area contributed by atoms with E-state index in [1.807, 2.05) is 7.05 Å². The van der Waals surface area contributed by atoms with Crippen LogP contribution in [0.2, 0.25) is 0 Å². The fourth-order valence-corrected chi connectivity index (χ4v) is 2.32. The Morgan fingerprint density at radius 2 is 2.20 bits per heavy atom. The molecule has 0 radical (unpaired) electrons. The molecule has 0 aromatic heterocycles. The van der Waals surface area contributed by atoms with E-state index in [4.69, 9.17) is 4.74 Å². The largest absolute Gasteiger partial charge is 0.377 e. The van der Waals surface area contributed by atoms with Gasteiger partial charge >= 0.3 is 0 Å². The van der Waals surface area contributed by atoms with E-state index in [1.54, 1.807) is 0 Å². The lowest BCUT2D eigenvalue weighted by molar-refractivity contribution is 0.0555. The first-order valence-corrected chi connectivity index (χ1v) is 6.15. The Labute approximate surface area is 94.2 Å². The van der Waals surface area contributed by atoms with Crippen LogP contribution in [0.4, 0.5) is 0 Å². The van der Waals surface area contributed by atoms with Crippen LogP contribution in [-0.4, -0.2) is 50.3 Å². The summed E-state index contributed by atoms with van der Waals surface area (Å²) in [5.41, 5.74) is 0. The fraction of sp³-hybridized carbons (Fsp3) is 1.00. The van der Waals surface area contributed by atoms with Gasteiger partial charge in [-0.1, -0.05) is 13.8 Å². The molecule has 0 amide bonds. The molecule has 2 unspecified atom stereocenters. The first kappa shape index (κ1) is 12.9. The maximum Gasteiger partial charge on any atom is 0.0674 e. The van der Waals surface area contributed by atoms with Gasteiger partial charge < -0.3 is 10.1 Å². The Hall–Kier alpha value is -0.120. The van der Waals surface area contributed by atoms with Crippen molar-refractivity contribution in [3.63, 3.8) is 0 Å². The Kier molecular flexibility index (Phi) is 5.58. The van der Waals surface area contributed by atoms with E-state index in [-0.39, 0.29) is 0 Å². The molecule has 0 aromatic rings. The van der Waals surface area contributed by atoms with E-state index in [0.717, 1.165) is 26.1 Å². The third-order valence-electron chi connectivity index (χ3n) is 3.14. The molecule has 1 heterocycles. The van der Waals surface area contributed by atoms with Gasteiger partial charge in [-0.25, -0.2) is 0 Å². The van der Waals surface area contributed by atoms with Crippen molar-refractivity contribution < 1.29 is 4.74 Å². The molecule has 15 heavy (non-hydrogen) atoms. The molecule has 1 aliphatic rings. The summed E-state index contributed by atoms with van der Waals surface area (Å²) in [7, 11) is 2.03. The van der Waals surface area contributed by atoms with Crippen molar-refractivity contribution in [3.8, 4) is 0 Å². The van der Waals surface area contributed by atoms with Crippen LogP contribution < -0.4 is 5.32 Å². The molecule has 3 nitrogen and oxygen atoms in total. The lowest BCUT2D eigenvalue weighted by Gasteiger charge is -2.34. The summed E-state index contributed by atoms with van der Waals surface area (Å²) >= 11 is 0. The summed E-state index contributed by atoms with van der Waals surface area (Å²) in [6, 6.07) is 0.638. The molecule has 1 aliphatic heterocycles. The Bertz CT molecular complexity index is 173. The number of likely N-dealkylation sites (N-methyl/N-ethyl adjacent to an activating group) is 1. The van der Waals surface area contributed by atoms with Crippen LogP contribution >= 0.6 is 0 Å². The SMILES string of the molecule is CNCC(C(C)C)N1CCCOC(C)C1.